The van der Waals surface area contributed by atoms with E-state index in [0.717, 1.165) is 18.9 Å². The van der Waals surface area contributed by atoms with Crippen molar-refractivity contribution in [1.29, 1.82) is 0 Å². The number of hydrogen-bond donors (Lipinski definition) is 2. The number of amides is 4. The molecule has 208 valence electrons. The predicted molar refractivity (Wildman–Crippen MR) is 128 cm³/mol. The Balaban J connectivity index is 1.56. The van der Waals surface area contributed by atoms with Crippen LogP contribution in [0.15, 0.2) is 23.1 Å². The van der Waals surface area contributed by atoms with E-state index in [1.54, 1.807) is 4.90 Å². The molecule has 0 bridgehead atoms. The van der Waals surface area contributed by atoms with Gasteiger partial charge in [0.15, 0.2) is 11.8 Å². The Morgan fingerprint density at radius 1 is 1.03 bits per heavy atom. The Kier molecular flexibility index (Phi) is 8.16. The van der Waals surface area contributed by atoms with Crippen LogP contribution < -0.4 is 20.1 Å². The third kappa shape index (κ3) is 6.04. The number of alkyl halides is 2. The maximum Gasteiger partial charge on any atom is 0.387 e. The summed E-state index contributed by atoms with van der Waals surface area (Å²) in [5.41, 5.74) is 5.18. The van der Waals surface area contributed by atoms with E-state index in [1.807, 2.05) is 4.72 Å². The van der Waals surface area contributed by atoms with Gasteiger partial charge in [0.05, 0.1) is 5.69 Å². The summed E-state index contributed by atoms with van der Waals surface area (Å²) in [4.78, 5) is 53.1. The molecule has 2 saturated heterocycles. The number of ether oxygens (including phenoxy) is 1. The maximum absolute atomic E-state index is 13.3. The summed E-state index contributed by atoms with van der Waals surface area (Å²) in [7, 11) is -4.83. The second-order valence-corrected chi connectivity index (χ2v) is 11.0. The SMILES string of the molecule is NC(=O)[C@H](NS(=O)(=O)c1cccc(N2CCCCC2=O)c1OC(F)F)C(=O)N1CCN(C(=O)C2CC2)CC1. The van der Waals surface area contributed by atoms with Crippen LogP contribution in [0.25, 0.3) is 0 Å². The molecule has 4 rings (SSSR count). The van der Waals surface area contributed by atoms with E-state index in [2.05, 4.69) is 4.74 Å². The van der Waals surface area contributed by atoms with Gasteiger partial charge >= 0.3 is 6.61 Å². The zero-order valence-electron chi connectivity index (χ0n) is 20.5. The first kappa shape index (κ1) is 27.7. The van der Waals surface area contributed by atoms with Crippen molar-refractivity contribution in [2.75, 3.05) is 37.6 Å². The fraction of sp³-hybridized carbons (Fsp3) is 0.565. The van der Waals surface area contributed by atoms with Crippen LogP contribution in [0.4, 0.5) is 14.5 Å². The van der Waals surface area contributed by atoms with Gasteiger partial charge in [0.2, 0.25) is 27.7 Å². The zero-order valence-corrected chi connectivity index (χ0v) is 21.3. The van der Waals surface area contributed by atoms with Gasteiger partial charge in [0, 0.05) is 45.1 Å². The molecular formula is C23H29F2N5O7S. The van der Waals surface area contributed by atoms with Gasteiger partial charge in [-0.2, -0.15) is 13.5 Å². The molecule has 0 unspecified atom stereocenters. The molecule has 0 spiro atoms. The van der Waals surface area contributed by atoms with E-state index in [4.69, 9.17) is 5.73 Å². The van der Waals surface area contributed by atoms with Crippen LogP contribution in [-0.4, -0.2) is 87.2 Å². The first-order valence-corrected chi connectivity index (χ1v) is 13.8. The monoisotopic (exact) mass is 557 g/mol. The first-order chi connectivity index (χ1) is 18.0. The number of benzene rings is 1. The summed E-state index contributed by atoms with van der Waals surface area (Å²) < 4.78 is 59.7. The molecule has 3 N–H and O–H groups in total. The van der Waals surface area contributed by atoms with E-state index in [-0.39, 0.29) is 62.6 Å². The number of rotatable bonds is 9. The molecule has 3 aliphatic rings. The number of carbonyl (C=O) groups excluding carboxylic acids is 4. The second kappa shape index (κ2) is 11.2. The van der Waals surface area contributed by atoms with Crippen LogP contribution in [0, 0.1) is 5.92 Å². The van der Waals surface area contributed by atoms with Gasteiger partial charge in [-0.1, -0.05) is 6.07 Å². The summed E-state index contributed by atoms with van der Waals surface area (Å²) in [6.07, 6.45) is 2.99. The molecule has 4 amide bonds. The lowest BCUT2D eigenvalue weighted by molar-refractivity contribution is -0.143. The molecule has 0 radical (unpaired) electrons. The van der Waals surface area contributed by atoms with Crippen molar-refractivity contribution in [1.82, 2.24) is 14.5 Å². The minimum Gasteiger partial charge on any atom is -0.431 e. The molecule has 38 heavy (non-hydrogen) atoms. The number of nitrogens with one attached hydrogen (secondary N) is 1. The Hall–Kier alpha value is -3.33. The number of sulfonamides is 1. The van der Waals surface area contributed by atoms with Crippen LogP contribution >= 0.6 is 0 Å². The van der Waals surface area contributed by atoms with Crippen LogP contribution in [0.3, 0.4) is 0 Å². The van der Waals surface area contributed by atoms with Gasteiger partial charge in [-0.15, -0.1) is 0 Å². The lowest BCUT2D eigenvalue weighted by Crippen LogP contribution is -2.59. The average molecular weight is 558 g/mol. The molecule has 3 fully saturated rings. The number of primary amides is 1. The van der Waals surface area contributed by atoms with Gasteiger partial charge in [0.25, 0.3) is 5.91 Å². The normalized spacial score (nSPS) is 19.4. The molecule has 1 atom stereocenters. The number of nitrogens with zero attached hydrogens (tertiary/aromatic N) is 3. The summed E-state index contributed by atoms with van der Waals surface area (Å²) in [5, 5.41) is 0. The molecule has 1 aliphatic carbocycles. The van der Waals surface area contributed by atoms with E-state index < -0.39 is 45.1 Å². The standard InChI is InChI=1S/C23H29F2N5O7S/c24-23(25)37-19-15(30-9-2-1-6-17(30)31)4-3-5-16(19)38(35,36)27-18(20(26)32)22(34)29-12-10-28(11-13-29)21(33)14-7-8-14/h3-5,14,18,23,27H,1-2,6-13H2,(H2,26,32)/t18-/m0/s1. The molecule has 1 aromatic carbocycles. The van der Waals surface area contributed by atoms with Crippen molar-refractivity contribution in [3.8, 4) is 5.75 Å². The van der Waals surface area contributed by atoms with Crippen molar-refractivity contribution in [3.05, 3.63) is 18.2 Å². The topological polar surface area (TPSA) is 159 Å². The number of carbonyl (C=O) groups is 4. The number of halogens is 2. The van der Waals surface area contributed by atoms with E-state index in [0.29, 0.717) is 12.8 Å². The highest BCUT2D eigenvalue weighted by Crippen LogP contribution is 2.38. The zero-order chi connectivity index (χ0) is 27.6. The van der Waals surface area contributed by atoms with Crippen LogP contribution in [-0.2, 0) is 29.2 Å². The largest absolute Gasteiger partial charge is 0.431 e. The predicted octanol–water partition coefficient (Wildman–Crippen LogP) is 0.0179. The smallest absolute Gasteiger partial charge is 0.387 e. The van der Waals surface area contributed by atoms with Gasteiger partial charge in [-0.05, 0) is 37.8 Å². The Bertz CT molecular complexity index is 1220. The quantitative estimate of drug-likeness (QED) is 0.405. The lowest BCUT2D eigenvalue weighted by Gasteiger charge is -2.36. The fourth-order valence-corrected chi connectivity index (χ4v) is 5.87. The second-order valence-electron chi connectivity index (χ2n) is 9.37. The van der Waals surface area contributed by atoms with Crippen molar-refractivity contribution in [3.63, 3.8) is 0 Å². The third-order valence-electron chi connectivity index (χ3n) is 6.70. The lowest BCUT2D eigenvalue weighted by atomic mass is 10.1. The molecule has 15 heteroatoms. The Morgan fingerprint density at radius 3 is 2.26 bits per heavy atom. The highest BCUT2D eigenvalue weighted by Gasteiger charge is 2.39. The average Bonchev–Trinajstić information content (AvgIpc) is 3.72. The molecule has 2 aliphatic heterocycles. The summed E-state index contributed by atoms with van der Waals surface area (Å²) >= 11 is 0. The Labute approximate surface area is 218 Å². The summed E-state index contributed by atoms with van der Waals surface area (Å²) in [5.74, 6) is -3.39. The van der Waals surface area contributed by atoms with Crippen LogP contribution in [0.5, 0.6) is 5.75 Å². The van der Waals surface area contributed by atoms with Crippen molar-refractivity contribution >= 4 is 39.3 Å². The molecular weight excluding hydrogens is 528 g/mol. The van der Waals surface area contributed by atoms with E-state index in [1.165, 1.54) is 21.9 Å². The van der Waals surface area contributed by atoms with Crippen molar-refractivity contribution < 1.29 is 41.1 Å². The van der Waals surface area contributed by atoms with Gasteiger partial charge in [0.1, 0.15) is 4.90 Å². The molecule has 1 aromatic rings. The number of piperidine rings is 1. The number of para-hydroxylation sites is 1. The van der Waals surface area contributed by atoms with Gasteiger partial charge < -0.3 is 25.2 Å². The Morgan fingerprint density at radius 2 is 1.68 bits per heavy atom. The van der Waals surface area contributed by atoms with E-state index >= 15 is 0 Å². The number of hydrogen-bond acceptors (Lipinski definition) is 7. The minimum atomic E-state index is -4.83. The third-order valence-corrected chi connectivity index (χ3v) is 8.15. The maximum atomic E-state index is 13.3. The first-order valence-electron chi connectivity index (χ1n) is 12.3. The van der Waals surface area contributed by atoms with E-state index in [9.17, 15) is 36.4 Å². The van der Waals surface area contributed by atoms with Gasteiger partial charge in [-0.3, -0.25) is 19.2 Å². The molecule has 12 nitrogen and oxygen atoms in total. The van der Waals surface area contributed by atoms with Gasteiger partial charge in [-0.25, -0.2) is 8.42 Å². The highest BCUT2D eigenvalue weighted by molar-refractivity contribution is 7.89. The molecule has 0 aromatic heterocycles. The van der Waals surface area contributed by atoms with Crippen LogP contribution in [0.1, 0.15) is 32.1 Å². The van der Waals surface area contributed by atoms with Crippen molar-refractivity contribution in [2.24, 2.45) is 11.7 Å². The molecule has 1 saturated carbocycles. The number of anilines is 1. The minimum absolute atomic E-state index is 0.00267. The fourth-order valence-electron chi connectivity index (χ4n) is 4.56. The van der Waals surface area contributed by atoms with Crippen molar-refractivity contribution in [2.45, 2.75) is 49.7 Å². The summed E-state index contributed by atoms with van der Waals surface area (Å²) in [6, 6.07) is 1.44. The number of nitrogens with two attached hydrogens (primary N) is 1. The number of piperazine rings is 1. The molecule has 2 heterocycles. The highest BCUT2D eigenvalue weighted by atomic mass is 32.2. The van der Waals surface area contributed by atoms with Crippen LogP contribution in [0.2, 0.25) is 0 Å². The summed E-state index contributed by atoms with van der Waals surface area (Å²) in [6.45, 7) is -2.68.